The van der Waals surface area contributed by atoms with Gasteiger partial charge in [0.1, 0.15) is 11.2 Å². The molecule has 4 rings (SSSR count). The molecule has 3 aromatic heterocycles. The lowest BCUT2D eigenvalue weighted by Crippen LogP contribution is -2.09. The Balaban J connectivity index is 1.97. The quantitative estimate of drug-likeness (QED) is 0.786. The molecule has 3 aromatic rings. The first-order valence-electron chi connectivity index (χ1n) is 6.85. The molecule has 0 fully saturated rings. The zero-order valence-corrected chi connectivity index (χ0v) is 12.1. The van der Waals surface area contributed by atoms with E-state index in [-0.39, 0.29) is 0 Å². The summed E-state index contributed by atoms with van der Waals surface area (Å²) in [5.41, 5.74) is 2.54. The highest BCUT2D eigenvalue weighted by Crippen LogP contribution is 2.29. The predicted octanol–water partition coefficient (Wildman–Crippen LogP) is 2.80. The summed E-state index contributed by atoms with van der Waals surface area (Å²) >= 11 is 1.64. The lowest BCUT2D eigenvalue weighted by molar-refractivity contribution is 0.654. The van der Waals surface area contributed by atoms with E-state index in [2.05, 4.69) is 36.3 Å². The fourth-order valence-electron chi connectivity index (χ4n) is 2.79. The number of rotatable bonds is 2. The van der Waals surface area contributed by atoms with Crippen LogP contribution < -0.4 is 5.32 Å². The van der Waals surface area contributed by atoms with Gasteiger partial charge in [-0.1, -0.05) is 0 Å². The average Bonchev–Trinajstić information content (AvgIpc) is 3.12. The van der Waals surface area contributed by atoms with Crippen molar-refractivity contribution in [2.75, 3.05) is 12.4 Å². The van der Waals surface area contributed by atoms with Crippen LogP contribution in [0.4, 0.5) is 5.95 Å². The number of nitrogens with zero attached hydrogens (tertiary/aromatic N) is 4. The Hall–Kier alpha value is -1.95. The first-order chi connectivity index (χ1) is 9.86. The van der Waals surface area contributed by atoms with E-state index in [0.717, 1.165) is 28.9 Å². The molecule has 0 saturated carbocycles. The molecule has 102 valence electrons. The summed E-state index contributed by atoms with van der Waals surface area (Å²) in [6.07, 6.45) is 6.55. The van der Waals surface area contributed by atoms with Crippen molar-refractivity contribution >= 4 is 27.5 Å². The zero-order valence-electron chi connectivity index (χ0n) is 11.3. The van der Waals surface area contributed by atoms with Crippen LogP contribution in [0.2, 0.25) is 0 Å². The van der Waals surface area contributed by atoms with Crippen molar-refractivity contribution in [1.29, 1.82) is 0 Å². The van der Waals surface area contributed by atoms with E-state index in [1.807, 2.05) is 13.4 Å². The Labute approximate surface area is 120 Å². The van der Waals surface area contributed by atoms with Gasteiger partial charge in [-0.05, 0) is 37.1 Å². The molecule has 20 heavy (non-hydrogen) atoms. The Morgan fingerprint density at radius 1 is 1.25 bits per heavy atom. The fraction of sp³-hybridized carbons (Fsp3) is 0.357. The summed E-state index contributed by atoms with van der Waals surface area (Å²) in [4.78, 5) is 14.7. The SMILES string of the molecule is CNc1nc(-n2cnc3c2CCCC3)c2ccsc2n1. The molecule has 6 heteroatoms. The number of hydrogen-bond donors (Lipinski definition) is 1. The summed E-state index contributed by atoms with van der Waals surface area (Å²) in [6, 6.07) is 2.09. The van der Waals surface area contributed by atoms with Crippen molar-refractivity contribution in [1.82, 2.24) is 19.5 Å². The summed E-state index contributed by atoms with van der Waals surface area (Å²) in [5.74, 6) is 1.60. The molecule has 0 aromatic carbocycles. The smallest absolute Gasteiger partial charge is 0.225 e. The molecule has 0 saturated heterocycles. The molecule has 0 radical (unpaired) electrons. The highest BCUT2D eigenvalue weighted by Gasteiger charge is 2.19. The molecule has 1 N–H and O–H groups in total. The molecular weight excluding hydrogens is 270 g/mol. The number of hydrogen-bond acceptors (Lipinski definition) is 5. The van der Waals surface area contributed by atoms with Crippen molar-refractivity contribution in [3.63, 3.8) is 0 Å². The maximum atomic E-state index is 4.65. The van der Waals surface area contributed by atoms with E-state index in [4.69, 9.17) is 0 Å². The predicted molar refractivity (Wildman–Crippen MR) is 80.7 cm³/mol. The molecule has 0 amide bonds. The molecule has 0 aliphatic heterocycles. The summed E-state index contributed by atoms with van der Waals surface area (Å²) < 4.78 is 2.14. The molecule has 0 unspecified atom stereocenters. The molecule has 0 bridgehead atoms. The van der Waals surface area contributed by atoms with E-state index in [1.165, 1.54) is 24.2 Å². The molecule has 5 nitrogen and oxygen atoms in total. The number of nitrogens with one attached hydrogen (secondary N) is 1. The van der Waals surface area contributed by atoms with Crippen LogP contribution in [-0.2, 0) is 12.8 Å². The third kappa shape index (κ3) is 1.71. The van der Waals surface area contributed by atoms with E-state index >= 15 is 0 Å². The van der Waals surface area contributed by atoms with Gasteiger partial charge < -0.3 is 5.32 Å². The Morgan fingerprint density at radius 2 is 2.15 bits per heavy atom. The van der Waals surface area contributed by atoms with Gasteiger partial charge in [-0.3, -0.25) is 4.57 Å². The molecule has 0 spiro atoms. The van der Waals surface area contributed by atoms with Crippen molar-refractivity contribution in [2.24, 2.45) is 0 Å². The van der Waals surface area contributed by atoms with Gasteiger partial charge >= 0.3 is 0 Å². The monoisotopic (exact) mass is 285 g/mol. The van der Waals surface area contributed by atoms with Crippen LogP contribution in [0.5, 0.6) is 0 Å². The largest absolute Gasteiger partial charge is 0.357 e. The first kappa shape index (κ1) is 11.8. The maximum Gasteiger partial charge on any atom is 0.225 e. The highest BCUT2D eigenvalue weighted by molar-refractivity contribution is 7.16. The van der Waals surface area contributed by atoms with Gasteiger partial charge in [0, 0.05) is 12.7 Å². The molecule has 1 aliphatic rings. The molecule has 0 atom stereocenters. The van der Waals surface area contributed by atoms with E-state index in [1.54, 1.807) is 11.3 Å². The Kier molecular flexibility index (Phi) is 2.70. The maximum absolute atomic E-state index is 4.65. The number of thiophene rings is 1. The van der Waals surface area contributed by atoms with Gasteiger partial charge in [-0.15, -0.1) is 11.3 Å². The average molecular weight is 285 g/mol. The minimum Gasteiger partial charge on any atom is -0.357 e. The third-order valence-electron chi connectivity index (χ3n) is 3.79. The first-order valence-corrected chi connectivity index (χ1v) is 7.73. The number of imidazole rings is 1. The lowest BCUT2D eigenvalue weighted by Gasteiger charge is -2.14. The van der Waals surface area contributed by atoms with Crippen LogP contribution in [0.1, 0.15) is 24.2 Å². The summed E-state index contributed by atoms with van der Waals surface area (Å²) in [5, 5.41) is 6.20. The van der Waals surface area contributed by atoms with Crippen LogP contribution in [0.3, 0.4) is 0 Å². The Bertz CT molecular complexity index is 773. The van der Waals surface area contributed by atoms with Gasteiger partial charge in [0.2, 0.25) is 5.95 Å². The lowest BCUT2D eigenvalue weighted by atomic mass is 10.0. The van der Waals surface area contributed by atoms with Gasteiger partial charge in [0.25, 0.3) is 0 Å². The topological polar surface area (TPSA) is 55.6 Å². The van der Waals surface area contributed by atoms with Crippen LogP contribution in [-0.4, -0.2) is 26.6 Å². The molecule has 1 aliphatic carbocycles. The third-order valence-corrected chi connectivity index (χ3v) is 4.59. The number of aryl methyl sites for hydroxylation is 1. The molecule has 3 heterocycles. The number of fused-ring (bicyclic) bond motifs is 2. The van der Waals surface area contributed by atoms with Crippen LogP contribution in [0.15, 0.2) is 17.8 Å². The van der Waals surface area contributed by atoms with E-state index in [0.29, 0.717) is 5.95 Å². The minimum absolute atomic E-state index is 0.660. The Morgan fingerprint density at radius 3 is 3.05 bits per heavy atom. The summed E-state index contributed by atoms with van der Waals surface area (Å²) in [6.45, 7) is 0. The number of aromatic nitrogens is 4. The second kappa shape index (κ2) is 4.56. The zero-order chi connectivity index (χ0) is 13.5. The van der Waals surface area contributed by atoms with Gasteiger partial charge in [-0.2, -0.15) is 4.98 Å². The standard InChI is InChI=1S/C14H15N5S/c1-15-14-17-12(9-6-7-20-13(9)18-14)19-8-16-10-4-2-3-5-11(10)19/h6-8H,2-5H2,1H3,(H,15,17,18). The second-order valence-corrected chi connectivity index (χ2v) is 5.87. The van der Waals surface area contributed by atoms with E-state index < -0.39 is 0 Å². The van der Waals surface area contributed by atoms with Crippen molar-refractivity contribution in [2.45, 2.75) is 25.7 Å². The normalized spacial score (nSPS) is 14.4. The van der Waals surface area contributed by atoms with E-state index in [9.17, 15) is 0 Å². The van der Waals surface area contributed by atoms with Gasteiger partial charge in [-0.25, -0.2) is 9.97 Å². The van der Waals surface area contributed by atoms with Gasteiger partial charge in [0.15, 0.2) is 5.82 Å². The van der Waals surface area contributed by atoms with Crippen molar-refractivity contribution < 1.29 is 0 Å². The van der Waals surface area contributed by atoms with Gasteiger partial charge in [0.05, 0.1) is 11.1 Å². The van der Waals surface area contributed by atoms with Crippen molar-refractivity contribution in [3.8, 4) is 5.82 Å². The van der Waals surface area contributed by atoms with Crippen LogP contribution in [0.25, 0.3) is 16.0 Å². The molecular formula is C14H15N5S. The second-order valence-electron chi connectivity index (χ2n) is 4.98. The minimum atomic E-state index is 0.660. The highest BCUT2D eigenvalue weighted by atomic mass is 32.1. The fourth-order valence-corrected chi connectivity index (χ4v) is 3.55. The van der Waals surface area contributed by atoms with Crippen LogP contribution in [0, 0.1) is 0 Å². The van der Waals surface area contributed by atoms with Crippen molar-refractivity contribution in [3.05, 3.63) is 29.2 Å². The number of anilines is 1. The van der Waals surface area contributed by atoms with Crippen LogP contribution >= 0.6 is 11.3 Å². The summed E-state index contributed by atoms with van der Waals surface area (Å²) in [7, 11) is 1.85.